The number of aryl methyl sites for hydroxylation is 3. The summed E-state index contributed by atoms with van der Waals surface area (Å²) in [6.07, 6.45) is 1.24. The number of anilines is 3. The summed E-state index contributed by atoms with van der Waals surface area (Å²) < 4.78 is 6.17. The van der Waals surface area contributed by atoms with Gasteiger partial charge >= 0.3 is 0 Å². The molecule has 144 valence electrons. The molecular weight excluding hydrogens is 360 g/mol. The molecule has 3 N–H and O–H groups in total. The summed E-state index contributed by atoms with van der Waals surface area (Å²) in [7, 11) is 0. The Morgan fingerprint density at radius 2 is 1.66 bits per heavy atom. The molecule has 3 aromatic carbocycles. The fraction of sp³-hybridized carbons (Fsp3) is 0.167. The predicted molar refractivity (Wildman–Crippen MR) is 115 cm³/mol. The molecule has 0 aliphatic carbocycles. The van der Waals surface area contributed by atoms with Gasteiger partial charge in [0.2, 0.25) is 0 Å². The van der Waals surface area contributed by atoms with Crippen LogP contribution in [0.4, 0.5) is 17.1 Å². The lowest BCUT2D eigenvalue weighted by molar-refractivity contribution is 0.475. The minimum atomic E-state index is 0.501. The van der Waals surface area contributed by atoms with Crippen LogP contribution in [0.1, 0.15) is 28.7 Å². The molecule has 29 heavy (non-hydrogen) atoms. The van der Waals surface area contributed by atoms with Crippen LogP contribution in [-0.4, -0.2) is 0 Å². The van der Waals surface area contributed by atoms with Crippen molar-refractivity contribution >= 4 is 17.1 Å². The average Bonchev–Trinajstić information content (AvgIpc) is 2.72. The smallest absolute Gasteiger partial charge is 0.133 e. The van der Waals surface area contributed by atoms with Gasteiger partial charge in [-0.05, 0) is 73.4 Å². The van der Waals surface area contributed by atoms with Crippen LogP contribution < -0.4 is 15.8 Å². The second-order valence-electron chi connectivity index (χ2n) is 6.88. The Balaban J connectivity index is 1.83. The van der Waals surface area contributed by atoms with Gasteiger partial charge in [0, 0.05) is 18.2 Å². The average molecular weight is 382 g/mol. The Hall–Kier alpha value is -3.96. The number of hydrogen-bond acceptors (Lipinski definition) is 5. The second-order valence-corrected chi connectivity index (χ2v) is 6.88. The van der Waals surface area contributed by atoms with E-state index in [1.54, 1.807) is 18.2 Å². The third kappa shape index (κ3) is 4.86. The largest absolute Gasteiger partial charge is 0.457 e. The first-order valence-corrected chi connectivity index (χ1v) is 9.32. The van der Waals surface area contributed by atoms with Gasteiger partial charge in [-0.2, -0.15) is 10.5 Å². The highest BCUT2D eigenvalue weighted by molar-refractivity contribution is 5.74. The first-order chi connectivity index (χ1) is 14.0. The van der Waals surface area contributed by atoms with Crippen molar-refractivity contribution in [3.63, 3.8) is 0 Å². The second kappa shape index (κ2) is 8.82. The highest BCUT2D eigenvalue weighted by Gasteiger charge is 2.10. The SMILES string of the molecule is Cc1cc(CCC#N)cc(C)c1Oc1ccc(N)c(Nc2ccc(C#N)cc2)c1. The summed E-state index contributed by atoms with van der Waals surface area (Å²) in [4.78, 5) is 0. The van der Waals surface area contributed by atoms with E-state index in [-0.39, 0.29) is 0 Å². The summed E-state index contributed by atoms with van der Waals surface area (Å²) in [5, 5.41) is 21.0. The molecule has 0 radical (unpaired) electrons. The summed E-state index contributed by atoms with van der Waals surface area (Å²) in [6.45, 7) is 4.01. The van der Waals surface area contributed by atoms with Crippen molar-refractivity contribution in [1.29, 1.82) is 10.5 Å². The molecule has 0 aliphatic heterocycles. The maximum atomic E-state index is 8.92. The number of benzene rings is 3. The van der Waals surface area contributed by atoms with E-state index in [2.05, 4.69) is 29.6 Å². The van der Waals surface area contributed by atoms with Crippen molar-refractivity contribution in [2.45, 2.75) is 26.7 Å². The molecule has 3 aromatic rings. The van der Waals surface area contributed by atoms with Gasteiger partial charge in [-0.15, -0.1) is 0 Å². The molecule has 0 saturated carbocycles. The molecule has 0 aromatic heterocycles. The number of rotatable bonds is 6. The van der Waals surface area contributed by atoms with Crippen LogP contribution >= 0.6 is 0 Å². The molecule has 5 heteroatoms. The van der Waals surface area contributed by atoms with Gasteiger partial charge < -0.3 is 15.8 Å². The van der Waals surface area contributed by atoms with E-state index in [0.717, 1.165) is 40.2 Å². The van der Waals surface area contributed by atoms with Crippen LogP contribution in [-0.2, 0) is 6.42 Å². The van der Waals surface area contributed by atoms with Crippen molar-refractivity contribution in [1.82, 2.24) is 0 Å². The molecule has 5 nitrogen and oxygen atoms in total. The van der Waals surface area contributed by atoms with Crippen LogP contribution in [0.25, 0.3) is 0 Å². The third-order valence-electron chi connectivity index (χ3n) is 4.58. The van der Waals surface area contributed by atoms with Gasteiger partial charge in [0.05, 0.1) is 29.1 Å². The lowest BCUT2D eigenvalue weighted by Crippen LogP contribution is -1.98. The summed E-state index contributed by atoms with van der Waals surface area (Å²) in [5.41, 5.74) is 12.1. The van der Waals surface area contributed by atoms with E-state index in [1.807, 2.05) is 38.1 Å². The van der Waals surface area contributed by atoms with E-state index in [1.165, 1.54) is 0 Å². The Kier molecular flexibility index (Phi) is 6.02. The Morgan fingerprint density at radius 3 is 2.28 bits per heavy atom. The normalized spacial score (nSPS) is 10.1. The summed E-state index contributed by atoms with van der Waals surface area (Å²) in [5.74, 6) is 1.48. The predicted octanol–water partition coefficient (Wildman–Crippen LogP) is 5.75. The minimum absolute atomic E-state index is 0.501. The molecule has 0 bridgehead atoms. The van der Waals surface area contributed by atoms with Gasteiger partial charge in [-0.25, -0.2) is 0 Å². The molecule has 0 spiro atoms. The van der Waals surface area contributed by atoms with Gasteiger partial charge in [-0.3, -0.25) is 0 Å². The number of ether oxygens (including phenoxy) is 1. The lowest BCUT2D eigenvalue weighted by atomic mass is 10.0. The van der Waals surface area contributed by atoms with Crippen molar-refractivity contribution in [3.05, 3.63) is 76.9 Å². The molecule has 0 unspecified atom stereocenters. The first kappa shape index (κ1) is 19.8. The fourth-order valence-electron chi connectivity index (χ4n) is 3.15. The summed E-state index contributed by atoms with van der Waals surface area (Å²) >= 11 is 0. The van der Waals surface area contributed by atoms with Crippen LogP contribution in [0.3, 0.4) is 0 Å². The zero-order valence-corrected chi connectivity index (χ0v) is 16.5. The highest BCUT2D eigenvalue weighted by Crippen LogP contribution is 2.34. The van der Waals surface area contributed by atoms with Crippen molar-refractivity contribution in [2.24, 2.45) is 0 Å². The molecule has 0 heterocycles. The topological polar surface area (TPSA) is 94.9 Å². The number of nitriles is 2. The molecule has 0 aliphatic rings. The lowest BCUT2D eigenvalue weighted by Gasteiger charge is -2.16. The van der Waals surface area contributed by atoms with Gasteiger partial charge in [0.25, 0.3) is 0 Å². The quantitative estimate of drug-likeness (QED) is 0.529. The van der Waals surface area contributed by atoms with Crippen LogP contribution in [0.2, 0.25) is 0 Å². The number of nitrogen functional groups attached to an aromatic ring is 1. The number of nitrogens with zero attached hydrogens (tertiary/aromatic N) is 2. The van der Waals surface area contributed by atoms with E-state index in [4.69, 9.17) is 21.0 Å². The maximum Gasteiger partial charge on any atom is 0.133 e. The Bertz CT molecular complexity index is 1080. The Labute approximate surface area is 171 Å². The number of nitrogens with one attached hydrogen (secondary N) is 1. The van der Waals surface area contributed by atoms with Crippen LogP contribution in [0.15, 0.2) is 54.6 Å². The Morgan fingerprint density at radius 1 is 0.966 bits per heavy atom. The van der Waals surface area contributed by atoms with E-state index in [9.17, 15) is 0 Å². The van der Waals surface area contributed by atoms with E-state index < -0.39 is 0 Å². The molecule has 0 amide bonds. The standard InChI is InChI=1S/C24H22N4O/c1-16-12-19(4-3-11-25)13-17(2)24(16)29-21-9-10-22(27)23(14-21)28-20-7-5-18(15-26)6-8-20/h5-10,12-14,28H,3-4,27H2,1-2H3. The first-order valence-electron chi connectivity index (χ1n) is 9.32. The third-order valence-corrected chi connectivity index (χ3v) is 4.58. The summed E-state index contributed by atoms with van der Waals surface area (Å²) in [6, 6.07) is 21.1. The van der Waals surface area contributed by atoms with Crippen LogP contribution in [0, 0.1) is 36.5 Å². The number of hydrogen-bond donors (Lipinski definition) is 2. The van der Waals surface area contributed by atoms with Gasteiger partial charge in [0.15, 0.2) is 0 Å². The maximum absolute atomic E-state index is 8.92. The highest BCUT2D eigenvalue weighted by atomic mass is 16.5. The fourth-order valence-corrected chi connectivity index (χ4v) is 3.15. The minimum Gasteiger partial charge on any atom is -0.457 e. The van der Waals surface area contributed by atoms with Crippen molar-refractivity contribution < 1.29 is 4.74 Å². The van der Waals surface area contributed by atoms with Crippen molar-refractivity contribution in [3.8, 4) is 23.6 Å². The van der Waals surface area contributed by atoms with Crippen LogP contribution in [0.5, 0.6) is 11.5 Å². The zero-order chi connectivity index (χ0) is 20.8. The van der Waals surface area contributed by atoms with E-state index >= 15 is 0 Å². The molecule has 0 atom stereocenters. The molecule has 0 saturated heterocycles. The monoisotopic (exact) mass is 382 g/mol. The molecular formula is C24H22N4O. The van der Waals surface area contributed by atoms with E-state index in [0.29, 0.717) is 23.4 Å². The van der Waals surface area contributed by atoms with Gasteiger partial charge in [0.1, 0.15) is 11.5 Å². The molecule has 0 fully saturated rings. The zero-order valence-electron chi connectivity index (χ0n) is 16.5. The molecule has 3 rings (SSSR count). The number of nitrogens with two attached hydrogens (primary N) is 1. The van der Waals surface area contributed by atoms with Crippen molar-refractivity contribution in [2.75, 3.05) is 11.1 Å². The van der Waals surface area contributed by atoms with Gasteiger partial charge in [-0.1, -0.05) is 12.1 Å².